The number of piperidine rings is 2. The van der Waals surface area contributed by atoms with E-state index in [-0.39, 0.29) is 17.9 Å². The zero-order chi connectivity index (χ0) is 19.8. The Hall–Kier alpha value is -2.39. The molecule has 150 valence electrons. The normalized spacial score (nSPS) is 18.7. The van der Waals surface area contributed by atoms with Gasteiger partial charge in [-0.05, 0) is 57.2 Å². The van der Waals surface area contributed by atoms with Gasteiger partial charge in [-0.3, -0.25) is 9.80 Å². The van der Waals surface area contributed by atoms with E-state index < -0.39 is 0 Å². The molecule has 28 heavy (non-hydrogen) atoms. The van der Waals surface area contributed by atoms with E-state index in [4.69, 9.17) is 0 Å². The van der Waals surface area contributed by atoms with E-state index in [1.165, 1.54) is 18.6 Å². The van der Waals surface area contributed by atoms with Crippen LogP contribution in [0, 0.1) is 17.7 Å². The molecule has 0 aliphatic carbocycles. The van der Waals surface area contributed by atoms with Crippen molar-refractivity contribution < 1.29 is 9.18 Å². The highest BCUT2D eigenvalue weighted by molar-refractivity contribution is 5.97. The molecule has 0 atom stereocenters. The molecule has 2 saturated heterocycles. The van der Waals surface area contributed by atoms with E-state index in [0.717, 1.165) is 58.4 Å². The summed E-state index contributed by atoms with van der Waals surface area (Å²) in [4.78, 5) is 23.3. The molecule has 0 radical (unpaired) electrons. The Morgan fingerprint density at radius 1 is 1.25 bits per heavy atom. The lowest BCUT2D eigenvalue weighted by Crippen LogP contribution is -2.47. The predicted molar refractivity (Wildman–Crippen MR) is 111 cm³/mol. The van der Waals surface area contributed by atoms with Crippen molar-refractivity contribution in [2.75, 3.05) is 37.6 Å². The fourth-order valence-corrected chi connectivity index (χ4v) is 3.86. The van der Waals surface area contributed by atoms with Gasteiger partial charge in [0, 0.05) is 37.9 Å². The number of aliphatic imine (C=N–C) groups is 1. The van der Waals surface area contributed by atoms with Crippen LogP contribution < -0.4 is 4.90 Å². The van der Waals surface area contributed by atoms with Crippen LogP contribution in [-0.4, -0.2) is 60.9 Å². The molecule has 1 aromatic carbocycles. The third kappa shape index (κ3) is 5.56. The minimum Gasteiger partial charge on any atom is -0.362 e. The summed E-state index contributed by atoms with van der Waals surface area (Å²) in [6.45, 7) is 6.21. The van der Waals surface area contributed by atoms with Crippen LogP contribution >= 0.6 is 0 Å². The highest BCUT2D eigenvalue weighted by Gasteiger charge is 2.29. The largest absolute Gasteiger partial charge is 0.362 e. The number of hydrogen-bond donors (Lipinski definition) is 0. The second-order valence-corrected chi connectivity index (χ2v) is 7.41. The lowest BCUT2D eigenvalue weighted by atomic mass is 10.0. The van der Waals surface area contributed by atoms with Crippen molar-refractivity contribution >= 4 is 18.1 Å². The summed E-state index contributed by atoms with van der Waals surface area (Å²) in [5, 5.41) is 0. The summed E-state index contributed by atoms with van der Waals surface area (Å²) in [7, 11) is 0. The molecule has 0 aromatic heterocycles. The maximum atomic E-state index is 13.8. The van der Waals surface area contributed by atoms with Crippen LogP contribution in [0.15, 0.2) is 29.3 Å². The Balaban J connectivity index is 1.73. The Morgan fingerprint density at radius 2 is 2.00 bits per heavy atom. The van der Waals surface area contributed by atoms with Crippen molar-refractivity contribution in [3.8, 4) is 11.8 Å². The number of rotatable bonds is 4. The molecule has 0 unspecified atom stereocenters. The van der Waals surface area contributed by atoms with Gasteiger partial charge in [-0.15, -0.1) is 5.92 Å². The second kappa shape index (κ2) is 10.2. The zero-order valence-electron chi connectivity index (χ0n) is 16.6. The van der Waals surface area contributed by atoms with Crippen LogP contribution in [0.4, 0.5) is 14.9 Å². The van der Waals surface area contributed by atoms with Crippen LogP contribution in [-0.2, 0) is 0 Å². The molecule has 1 aromatic rings. The molecule has 3 rings (SSSR count). The van der Waals surface area contributed by atoms with Crippen LogP contribution in [0.5, 0.6) is 0 Å². The first-order valence-electron chi connectivity index (χ1n) is 10.2. The summed E-state index contributed by atoms with van der Waals surface area (Å²) in [5.74, 6) is 5.68. The molecular formula is C22H29FN4O. The number of nitrogens with zero attached hydrogens (tertiary/aromatic N) is 4. The lowest BCUT2D eigenvalue weighted by Gasteiger charge is -2.37. The second-order valence-electron chi connectivity index (χ2n) is 7.41. The molecule has 0 bridgehead atoms. The van der Waals surface area contributed by atoms with Crippen LogP contribution in [0.3, 0.4) is 0 Å². The van der Waals surface area contributed by atoms with Crippen molar-refractivity contribution in [2.24, 2.45) is 4.99 Å². The van der Waals surface area contributed by atoms with Gasteiger partial charge >= 0.3 is 6.03 Å². The number of likely N-dealkylation sites (tertiary alicyclic amines) is 2. The lowest BCUT2D eigenvalue weighted by molar-refractivity contribution is 0.222. The number of anilines is 1. The highest BCUT2D eigenvalue weighted by atomic mass is 19.1. The van der Waals surface area contributed by atoms with Crippen molar-refractivity contribution in [3.05, 3.63) is 30.1 Å². The van der Waals surface area contributed by atoms with Gasteiger partial charge in [0.2, 0.25) is 0 Å². The maximum Gasteiger partial charge on any atom is 0.349 e. The topological polar surface area (TPSA) is 39.1 Å². The van der Waals surface area contributed by atoms with E-state index in [0.29, 0.717) is 5.69 Å². The SMILES string of the molecule is CC#CCN1CCC(N(C(=O)/N=C/N2CCCCC2)c2cccc(F)c2)CC1. The molecule has 2 heterocycles. The molecule has 0 spiro atoms. The third-order valence-corrected chi connectivity index (χ3v) is 5.42. The molecule has 6 heteroatoms. The Bertz CT molecular complexity index is 740. The molecule has 0 saturated carbocycles. The molecule has 5 nitrogen and oxygen atoms in total. The smallest absolute Gasteiger partial charge is 0.349 e. The number of amides is 2. The van der Waals surface area contributed by atoms with Gasteiger partial charge in [-0.25, -0.2) is 9.18 Å². The molecule has 2 aliphatic rings. The first-order valence-corrected chi connectivity index (χ1v) is 10.2. The van der Waals surface area contributed by atoms with E-state index in [2.05, 4.69) is 26.6 Å². The molecule has 2 aliphatic heterocycles. The molecule has 2 amide bonds. The fourth-order valence-electron chi connectivity index (χ4n) is 3.86. The van der Waals surface area contributed by atoms with Gasteiger partial charge in [-0.2, -0.15) is 4.99 Å². The third-order valence-electron chi connectivity index (χ3n) is 5.42. The number of carbonyl (C=O) groups is 1. The quantitative estimate of drug-likeness (QED) is 0.451. The summed E-state index contributed by atoms with van der Waals surface area (Å²) in [6, 6.07) is 5.94. The molecule has 0 N–H and O–H groups in total. The summed E-state index contributed by atoms with van der Waals surface area (Å²) in [6.07, 6.45) is 6.81. The van der Waals surface area contributed by atoms with Gasteiger partial charge in [-0.1, -0.05) is 12.0 Å². The van der Waals surface area contributed by atoms with Crippen molar-refractivity contribution in [2.45, 2.75) is 45.1 Å². The van der Waals surface area contributed by atoms with E-state index in [1.807, 2.05) is 6.92 Å². The maximum absolute atomic E-state index is 13.8. The van der Waals surface area contributed by atoms with Gasteiger partial charge in [0.25, 0.3) is 0 Å². The standard InChI is InChI=1S/C22H29FN4O/c1-2-3-12-25-15-10-20(11-16-25)27(21-9-7-8-19(23)17-21)22(28)24-18-26-13-5-4-6-14-26/h7-9,17-18,20H,4-6,10-16H2,1H3/b24-18+. The van der Waals surface area contributed by atoms with Crippen LogP contribution in [0.25, 0.3) is 0 Å². The minimum atomic E-state index is -0.342. The monoisotopic (exact) mass is 384 g/mol. The summed E-state index contributed by atoms with van der Waals surface area (Å²) >= 11 is 0. The average Bonchev–Trinajstić information content (AvgIpc) is 2.73. The zero-order valence-corrected chi connectivity index (χ0v) is 16.6. The van der Waals surface area contributed by atoms with Crippen molar-refractivity contribution in [1.29, 1.82) is 0 Å². The fraction of sp³-hybridized carbons (Fsp3) is 0.545. The summed E-state index contributed by atoms with van der Waals surface area (Å²) in [5.41, 5.74) is 0.576. The van der Waals surface area contributed by atoms with Gasteiger partial charge < -0.3 is 4.90 Å². The van der Waals surface area contributed by atoms with Crippen molar-refractivity contribution in [1.82, 2.24) is 9.80 Å². The number of urea groups is 1. The van der Waals surface area contributed by atoms with E-state index in [9.17, 15) is 9.18 Å². The van der Waals surface area contributed by atoms with Crippen LogP contribution in [0.2, 0.25) is 0 Å². The number of benzene rings is 1. The van der Waals surface area contributed by atoms with Gasteiger partial charge in [0.05, 0.1) is 12.9 Å². The average molecular weight is 384 g/mol. The first-order chi connectivity index (χ1) is 13.7. The first kappa shape index (κ1) is 20.3. The number of hydrogen-bond acceptors (Lipinski definition) is 2. The molecule has 2 fully saturated rings. The Labute approximate surface area is 167 Å². The van der Waals surface area contributed by atoms with Crippen LogP contribution in [0.1, 0.15) is 39.0 Å². The Morgan fingerprint density at radius 3 is 2.68 bits per heavy atom. The van der Waals surface area contributed by atoms with E-state index in [1.54, 1.807) is 23.4 Å². The summed E-state index contributed by atoms with van der Waals surface area (Å²) < 4.78 is 13.8. The predicted octanol–water partition coefficient (Wildman–Crippen LogP) is 3.75. The molecular weight excluding hydrogens is 355 g/mol. The number of carbonyl (C=O) groups excluding carboxylic acids is 1. The minimum absolute atomic E-state index is 0.0126. The highest BCUT2D eigenvalue weighted by Crippen LogP contribution is 2.25. The van der Waals surface area contributed by atoms with Gasteiger partial charge in [0.15, 0.2) is 0 Å². The Kier molecular flexibility index (Phi) is 7.44. The van der Waals surface area contributed by atoms with Gasteiger partial charge in [0.1, 0.15) is 5.82 Å². The van der Waals surface area contributed by atoms with Crippen molar-refractivity contribution in [3.63, 3.8) is 0 Å². The number of halogens is 1. The van der Waals surface area contributed by atoms with E-state index >= 15 is 0 Å².